The highest BCUT2D eigenvalue weighted by atomic mass is 35.5. The van der Waals surface area contributed by atoms with Crippen LogP contribution in [0.25, 0.3) is 0 Å². The van der Waals surface area contributed by atoms with Crippen molar-refractivity contribution in [3.05, 3.63) is 29.3 Å². The number of carbonyl (C=O) groups is 2. The molecule has 0 saturated carbocycles. The number of halogens is 1. The highest BCUT2D eigenvalue weighted by Crippen LogP contribution is 2.18. The van der Waals surface area contributed by atoms with Crippen molar-refractivity contribution in [1.82, 2.24) is 9.80 Å². The molecule has 2 heterocycles. The SMILES string of the molecule is O=C(Nc1ccc(Cl)cc1)N1CCN(C(=O)[C@H]2CCOC2)CC1. The number of hydrogen-bond acceptors (Lipinski definition) is 3. The maximum absolute atomic E-state index is 12.3. The van der Waals surface area contributed by atoms with Crippen molar-refractivity contribution in [3.8, 4) is 0 Å². The van der Waals surface area contributed by atoms with E-state index >= 15 is 0 Å². The lowest BCUT2D eigenvalue weighted by Crippen LogP contribution is -2.53. The molecule has 0 aliphatic carbocycles. The highest BCUT2D eigenvalue weighted by molar-refractivity contribution is 6.30. The van der Waals surface area contributed by atoms with Crippen LogP contribution in [-0.4, -0.2) is 61.1 Å². The summed E-state index contributed by atoms with van der Waals surface area (Å²) in [7, 11) is 0. The molecule has 0 aromatic heterocycles. The Morgan fingerprint density at radius 3 is 2.35 bits per heavy atom. The molecule has 2 aliphatic heterocycles. The predicted molar refractivity (Wildman–Crippen MR) is 87.5 cm³/mol. The van der Waals surface area contributed by atoms with Gasteiger partial charge in [-0.25, -0.2) is 4.79 Å². The van der Waals surface area contributed by atoms with E-state index in [-0.39, 0.29) is 17.9 Å². The number of ether oxygens (including phenoxy) is 1. The summed E-state index contributed by atoms with van der Waals surface area (Å²) in [5.41, 5.74) is 0.709. The van der Waals surface area contributed by atoms with Gasteiger partial charge in [-0.05, 0) is 30.7 Å². The Labute approximate surface area is 140 Å². The van der Waals surface area contributed by atoms with Gasteiger partial charge in [0.05, 0.1) is 12.5 Å². The fraction of sp³-hybridized carbons (Fsp3) is 0.500. The van der Waals surface area contributed by atoms with Crippen molar-refractivity contribution in [2.75, 3.05) is 44.7 Å². The fourth-order valence-corrected chi connectivity index (χ4v) is 2.98. The van der Waals surface area contributed by atoms with Crippen molar-refractivity contribution in [2.24, 2.45) is 5.92 Å². The molecule has 1 aromatic carbocycles. The first-order valence-corrected chi connectivity index (χ1v) is 8.19. The zero-order chi connectivity index (χ0) is 16.2. The van der Waals surface area contributed by atoms with Crippen LogP contribution in [-0.2, 0) is 9.53 Å². The van der Waals surface area contributed by atoms with Crippen LogP contribution in [0.15, 0.2) is 24.3 Å². The first-order valence-electron chi connectivity index (χ1n) is 7.81. The lowest BCUT2D eigenvalue weighted by molar-refractivity contribution is -0.136. The van der Waals surface area contributed by atoms with Crippen molar-refractivity contribution < 1.29 is 14.3 Å². The number of nitrogens with one attached hydrogen (secondary N) is 1. The molecule has 3 amide bonds. The molecule has 1 atom stereocenters. The molecule has 1 N–H and O–H groups in total. The number of amides is 3. The molecule has 2 saturated heterocycles. The number of hydrogen-bond donors (Lipinski definition) is 1. The first-order chi connectivity index (χ1) is 11.1. The maximum Gasteiger partial charge on any atom is 0.321 e. The topological polar surface area (TPSA) is 61.9 Å². The third-order valence-electron chi connectivity index (χ3n) is 4.25. The molecule has 0 bridgehead atoms. The summed E-state index contributed by atoms with van der Waals surface area (Å²) in [6.07, 6.45) is 0.802. The fourth-order valence-electron chi connectivity index (χ4n) is 2.85. The van der Waals surface area contributed by atoms with E-state index in [0.717, 1.165) is 6.42 Å². The summed E-state index contributed by atoms with van der Waals surface area (Å²) in [6, 6.07) is 6.85. The molecular formula is C16H20ClN3O3. The third kappa shape index (κ3) is 3.95. The van der Waals surface area contributed by atoms with Crippen molar-refractivity contribution in [3.63, 3.8) is 0 Å². The van der Waals surface area contributed by atoms with Gasteiger partial charge < -0.3 is 19.9 Å². The van der Waals surface area contributed by atoms with E-state index < -0.39 is 0 Å². The van der Waals surface area contributed by atoms with E-state index in [4.69, 9.17) is 16.3 Å². The van der Waals surface area contributed by atoms with Gasteiger partial charge >= 0.3 is 6.03 Å². The molecule has 6 nitrogen and oxygen atoms in total. The minimum atomic E-state index is -0.149. The lowest BCUT2D eigenvalue weighted by atomic mass is 10.1. The van der Waals surface area contributed by atoms with Crippen LogP contribution in [0.1, 0.15) is 6.42 Å². The van der Waals surface area contributed by atoms with Gasteiger partial charge in [-0.1, -0.05) is 11.6 Å². The van der Waals surface area contributed by atoms with E-state index in [9.17, 15) is 9.59 Å². The summed E-state index contributed by atoms with van der Waals surface area (Å²) in [5.74, 6) is 0.143. The van der Waals surface area contributed by atoms with Crippen LogP contribution in [0.2, 0.25) is 5.02 Å². The van der Waals surface area contributed by atoms with E-state index in [0.29, 0.717) is 50.1 Å². The monoisotopic (exact) mass is 337 g/mol. The van der Waals surface area contributed by atoms with Crippen LogP contribution in [0.4, 0.5) is 10.5 Å². The van der Waals surface area contributed by atoms with Crippen LogP contribution in [0.5, 0.6) is 0 Å². The third-order valence-corrected chi connectivity index (χ3v) is 4.50. The Hall–Kier alpha value is -1.79. The number of benzene rings is 1. The van der Waals surface area contributed by atoms with Crippen LogP contribution in [0.3, 0.4) is 0 Å². The largest absolute Gasteiger partial charge is 0.381 e. The Morgan fingerprint density at radius 2 is 1.74 bits per heavy atom. The standard InChI is InChI=1S/C16H20ClN3O3/c17-13-1-3-14(4-2-13)18-16(22)20-8-6-19(7-9-20)15(21)12-5-10-23-11-12/h1-4,12H,5-11H2,(H,18,22)/t12-/m0/s1. The lowest BCUT2D eigenvalue weighted by Gasteiger charge is -2.35. The Morgan fingerprint density at radius 1 is 1.09 bits per heavy atom. The van der Waals surface area contributed by atoms with Crippen LogP contribution < -0.4 is 5.32 Å². The number of nitrogens with zero attached hydrogens (tertiary/aromatic N) is 2. The Bertz CT molecular complexity index is 564. The smallest absolute Gasteiger partial charge is 0.321 e. The van der Waals surface area contributed by atoms with Gasteiger partial charge in [-0.15, -0.1) is 0 Å². The average Bonchev–Trinajstić information content (AvgIpc) is 3.11. The average molecular weight is 338 g/mol. The van der Waals surface area contributed by atoms with Crippen molar-refractivity contribution >= 4 is 29.2 Å². The van der Waals surface area contributed by atoms with Gasteiger partial charge in [-0.2, -0.15) is 0 Å². The van der Waals surface area contributed by atoms with Gasteiger partial charge in [0.1, 0.15) is 0 Å². The highest BCUT2D eigenvalue weighted by Gasteiger charge is 2.31. The van der Waals surface area contributed by atoms with Crippen LogP contribution >= 0.6 is 11.6 Å². The summed E-state index contributed by atoms with van der Waals surface area (Å²) in [6.45, 7) is 3.42. The minimum Gasteiger partial charge on any atom is -0.381 e. The normalized spacial score (nSPS) is 21.3. The van der Waals surface area contributed by atoms with Gasteiger partial charge in [0.15, 0.2) is 0 Å². The maximum atomic E-state index is 12.3. The number of rotatable bonds is 2. The summed E-state index contributed by atoms with van der Waals surface area (Å²) >= 11 is 5.83. The molecule has 1 aromatic rings. The molecule has 23 heavy (non-hydrogen) atoms. The second-order valence-electron chi connectivity index (χ2n) is 5.81. The van der Waals surface area contributed by atoms with Crippen molar-refractivity contribution in [1.29, 1.82) is 0 Å². The Balaban J connectivity index is 1.49. The molecule has 124 valence electrons. The summed E-state index contributed by atoms with van der Waals surface area (Å²) in [4.78, 5) is 28.1. The first kappa shape index (κ1) is 16.1. The molecule has 0 radical (unpaired) electrons. The molecule has 2 aliphatic rings. The zero-order valence-electron chi connectivity index (χ0n) is 12.8. The van der Waals surface area contributed by atoms with E-state index in [1.807, 2.05) is 4.90 Å². The molecule has 7 heteroatoms. The Kier molecular flexibility index (Phi) is 5.03. The second kappa shape index (κ2) is 7.19. The van der Waals surface area contributed by atoms with E-state index in [2.05, 4.69) is 5.32 Å². The molecule has 0 spiro atoms. The molecular weight excluding hydrogens is 318 g/mol. The number of piperazine rings is 1. The summed E-state index contributed by atoms with van der Waals surface area (Å²) in [5, 5.41) is 3.47. The predicted octanol–water partition coefficient (Wildman–Crippen LogP) is 2.05. The molecule has 0 unspecified atom stereocenters. The zero-order valence-corrected chi connectivity index (χ0v) is 13.6. The number of carbonyl (C=O) groups excluding carboxylic acids is 2. The van der Waals surface area contributed by atoms with Gasteiger partial charge in [0, 0.05) is 43.5 Å². The van der Waals surface area contributed by atoms with Gasteiger partial charge in [-0.3, -0.25) is 4.79 Å². The summed E-state index contributed by atoms with van der Waals surface area (Å²) < 4.78 is 5.27. The second-order valence-corrected chi connectivity index (χ2v) is 6.25. The molecule has 3 rings (SSSR count). The quantitative estimate of drug-likeness (QED) is 0.898. The number of urea groups is 1. The van der Waals surface area contributed by atoms with E-state index in [1.54, 1.807) is 29.2 Å². The van der Waals surface area contributed by atoms with Crippen LogP contribution in [0, 0.1) is 5.92 Å². The van der Waals surface area contributed by atoms with E-state index in [1.165, 1.54) is 0 Å². The van der Waals surface area contributed by atoms with Gasteiger partial charge in [0.2, 0.25) is 5.91 Å². The van der Waals surface area contributed by atoms with Crippen molar-refractivity contribution in [2.45, 2.75) is 6.42 Å². The number of anilines is 1. The molecule has 2 fully saturated rings. The minimum absolute atomic E-state index is 0.00977. The van der Waals surface area contributed by atoms with Gasteiger partial charge in [0.25, 0.3) is 0 Å².